The van der Waals surface area contributed by atoms with E-state index < -0.39 is 0 Å². The van der Waals surface area contributed by atoms with Gasteiger partial charge in [-0.2, -0.15) is 0 Å². The van der Waals surface area contributed by atoms with Gasteiger partial charge in [0.2, 0.25) is 0 Å². The van der Waals surface area contributed by atoms with Gasteiger partial charge in [-0.15, -0.1) is 0 Å². The van der Waals surface area contributed by atoms with E-state index in [2.05, 4.69) is 30.4 Å². The Kier molecular flexibility index (Phi) is 5.30. The SMILES string of the molecule is CCCCNc1ccccc1OCc1ccccc1. The fourth-order valence-electron chi connectivity index (χ4n) is 1.87. The molecule has 0 heterocycles. The topological polar surface area (TPSA) is 21.3 Å². The number of para-hydroxylation sites is 2. The number of ether oxygens (including phenoxy) is 1. The van der Waals surface area contributed by atoms with E-state index in [1.54, 1.807) is 0 Å². The van der Waals surface area contributed by atoms with Crippen molar-refractivity contribution in [3.8, 4) is 5.75 Å². The number of benzene rings is 2. The van der Waals surface area contributed by atoms with Crippen LogP contribution in [0, 0.1) is 0 Å². The first kappa shape index (κ1) is 13.5. The predicted molar refractivity (Wildman–Crippen MR) is 80.6 cm³/mol. The van der Waals surface area contributed by atoms with Crippen LogP contribution in [-0.4, -0.2) is 6.54 Å². The highest BCUT2D eigenvalue weighted by atomic mass is 16.5. The Hall–Kier alpha value is -1.96. The van der Waals surface area contributed by atoms with Gasteiger partial charge in [0, 0.05) is 6.54 Å². The van der Waals surface area contributed by atoms with E-state index in [0.717, 1.165) is 18.0 Å². The van der Waals surface area contributed by atoms with E-state index in [0.29, 0.717) is 6.61 Å². The van der Waals surface area contributed by atoms with Crippen LogP contribution >= 0.6 is 0 Å². The maximum Gasteiger partial charge on any atom is 0.142 e. The summed E-state index contributed by atoms with van der Waals surface area (Å²) in [7, 11) is 0. The van der Waals surface area contributed by atoms with Gasteiger partial charge in [-0.3, -0.25) is 0 Å². The second-order valence-corrected chi connectivity index (χ2v) is 4.55. The zero-order valence-corrected chi connectivity index (χ0v) is 11.4. The van der Waals surface area contributed by atoms with Crippen molar-refractivity contribution in [3.63, 3.8) is 0 Å². The second-order valence-electron chi connectivity index (χ2n) is 4.55. The number of rotatable bonds is 7. The monoisotopic (exact) mass is 255 g/mol. The minimum atomic E-state index is 0.604. The van der Waals surface area contributed by atoms with E-state index in [-0.39, 0.29) is 0 Å². The molecule has 0 aromatic heterocycles. The van der Waals surface area contributed by atoms with E-state index in [4.69, 9.17) is 4.74 Å². The Morgan fingerprint density at radius 1 is 0.947 bits per heavy atom. The van der Waals surface area contributed by atoms with Crippen LogP contribution < -0.4 is 10.1 Å². The first-order valence-corrected chi connectivity index (χ1v) is 6.90. The third-order valence-corrected chi connectivity index (χ3v) is 2.97. The highest BCUT2D eigenvalue weighted by Gasteiger charge is 2.02. The van der Waals surface area contributed by atoms with Crippen LogP contribution in [0.15, 0.2) is 54.6 Å². The van der Waals surface area contributed by atoms with Gasteiger partial charge in [0.05, 0.1) is 5.69 Å². The highest BCUT2D eigenvalue weighted by molar-refractivity contribution is 5.56. The maximum atomic E-state index is 5.89. The molecule has 0 aliphatic heterocycles. The third kappa shape index (κ3) is 4.32. The Labute approximate surface area is 115 Å². The molecule has 0 saturated heterocycles. The fourth-order valence-corrected chi connectivity index (χ4v) is 1.87. The normalized spacial score (nSPS) is 10.2. The summed E-state index contributed by atoms with van der Waals surface area (Å²) in [6.45, 7) is 3.79. The summed E-state index contributed by atoms with van der Waals surface area (Å²) in [5, 5.41) is 3.43. The smallest absolute Gasteiger partial charge is 0.142 e. The van der Waals surface area contributed by atoms with Crippen molar-refractivity contribution in [2.45, 2.75) is 26.4 Å². The van der Waals surface area contributed by atoms with Gasteiger partial charge in [0.25, 0.3) is 0 Å². The summed E-state index contributed by atoms with van der Waals surface area (Å²) in [5.74, 6) is 0.919. The number of hydrogen-bond donors (Lipinski definition) is 1. The first-order valence-electron chi connectivity index (χ1n) is 6.90. The summed E-state index contributed by atoms with van der Waals surface area (Å²) in [6.07, 6.45) is 2.37. The Morgan fingerprint density at radius 3 is 2.47 bits per heavy atom. The second kappa shape index (κ2) is 7.47. The zero-order chi connectivity index (χ0) is 13.3. The lowest BCUT2D eigenvalue weighted by Crippen LogP contribution is -2.04. The largest absolute Gasteiger partial charge is 0.487 e. The molecule has 0 spiro atoms. The lowest BCUT2D eigenvalue weighted by Gasteiger charge is -2.13. The number of nitrogens with one attached hydrogen (secondary N) is 1. The van der Waals surface area contributed by atoms with Crippen molar-refractivity contribution in [1.82, 2.24) is 0 Å². The lowest BCUT2D eigenvalue weighted by atomic mass is 10.2. The predicted octanol–water partition coefficient (Wildman–Crippen LogP) is 4.48. The van der Waals surface area contributed by atoms with Gasteiger partial charge in [0.15, 0.2) is 0 Å². The molecule has 0 saturated carbocycles. The zero-order valence-electron chi connectivity index (χ0n) is 11.4. The Bertz CT molecular complexity index is 482. The summed E-state index contributed by atoms with van der Waals surface area (Å²) >= 11 is 0. The Morgan fingerprint density at radius 2 is 1.68 bits per heavy atom. The molecule has 0 bridgehead atoms. The van der Waals surface area contributed by atoms with E-state index >= 15 is 0 Å². The minimum absolute atomic E-state index is 0.604. The van der Waals surface area contributed by atoms with Gasteiger partial charge < -0.3 is 10.1 Å². The Balaban J connectivity index is 1.95. The van der Waals surface area contributed by atoms with E-state index in [1.165, 1.54) is 18.4 Å². The average Bonchev–Trinajstić information content (AvgIpc) is 2.48. The number of unbranched alkanes of at least 4 members (excludes halogenated alkanes) is 1. The van der Waals surface area contributed by atoms with Crippen LogP contribution in [0.3, 0.4) is 0 Å². The van der Waals surface area contributed by atoms with E-state index in [9.17, 15) is 0 Å². The standard InChI is InChI=1S/C17H21NO/c1-2-3-13-18-16-11-7-8-12-17(16)19-14-15-9-5-4-6-10-15/h4-12,18H,2-3,13-14H2,1H3. The van der Waals surface area contributed by atoms with Gasteiger partial charge in [0.1, 0.15) is 12.4 Å². The van der Waals surface area contributed by atoms with E-state index in [1.807, 2.05) is 36.4 Å². The average molecular weight is 255 g/mol. The summed E-state index contributed by atoms with van der Waals surface area (Å²) < 4.78 is 5.89. The fraction of sp³-hybridized carbons (Fsp3) is 0.294. The van der Waals surface area contributed by atoms with Gasteiger partial charge in [-0.05, 0) is 24.1 Å². The molecule has 0 fully saturated rings. The molecule has 0 aliphatic carbocycles. The van der Waals surface area contributed by atoms with Crippen LogP contribution in [0.1, 0.15) is 25.3 Å². The maximum absolute atomic E-state index is 5.89. The van der Waals surface area contributed by atoms with Crippen molar-refractivity contribution in [2.75, 3.05) is 11.9 Å². The van der Waals surface area contributed by atoms with Crippen LogP contribution in [0.2, 0.25) is 0 Å². The molecule has 0 atom stereocenters. The first-order chi connectivity index (χ1) is 9.40. The molecule has 0 aliphatic rings. The van der Waals surface area contributed by atoms with Crippen molar-refractivity contribution >= 4 is 5.69 Å². The molecule has 19 heavy (non-hydrogen) atoms. The quantitative estimate of drug-likeness (QED) is 0.737. The van der Waals surface area contributed by atoms with Crippen molar-refractivity contribution in [2.24, 2.45) is 0 Å². The van der Waals surface area contributed by atoms with Crippen molar-refractivity contribution < 1.29 is 4.74 Å². The van der Waals surface area contributed by atoms with Crippen molar-refractivity contribution in [3.05, 3.63) is 60.2 Å². The van der Waals surface area contributed by atoms with Crippen LogP contribution in [0.25, 0.3) is 0 Å². The third-order valence-electron chi connectivity index (χ3n) is 2.97. The molecule has 1 N–H and O–H groups in total. The molecule has 2 aromatic rings. The molecule has 2 heteroatoms. The van der Waals surface area contributed by atoms with Crippen molar-refractivity contribution in [1.29, 1.82) is 0 Å². The molecule has 100 valence electrons. The van der Waals surface area contributed by atoms with Gasteiger partial charge >= 0.3 is 0 Å². The molecule has 2 nitrogen and oxygen atoms in total. The lowest BCUT2D eigenvalue weighted by molar-refractivity contribution is 0.307. The molecule has 0 amide bonds. The molecule has 0 unspecified atom stereocenters. The van der Waals surface area contributed by atoms with Crippen LogP contribution in [0.4, 0.5) is 5.69 Å². The molecule has 2 rings (SSSR count). The molecular weight excluding hydrogens is 234 g/mol. The molecule has 0 radical (unpaired) electrons. The van der Waals surface area contributed by atoms with Crippen LogP contribution in [0.5, 0.6) is 5.75 Å². The van der Waals surface area contributed by atoms with Crippen LogP contribution in [-0.2, 0) is 6.61 Å². The molecule has 2 aromatic carbocycles. The number of anilines is 1. The van der Waals surface area contributed by atoms with Gasteiger partial charge in [-0.25, -0.2) is 0 Å². The highest BCUT2D eigenvalue weighted by Crippen LogP contribution is 2.24. The summed E-state index contributed by atoms with van der Waals surface area (Å²) in [5.41, 5.74) is 2.26. The summed E-state index contributed by atoms with van der Waals surface area (Å²) in [6, 6.07) is 18.3. The number of hydrogen-bond acceptors (Lipinski definition) is 2. The summed E-state index contributed by atoms with van der Waals surface area (Å²) in [4.78, 5) is 0. The molecular formula is C17H21NO. The minimum Gasteiger partial charge on any atom is -0.487 e. The van der Waals surface area contributed by atoms with Gasteiger partial charge in [-0.1, -0.05) is 55.8 Å².